The van der Waals surface area contributed by atoms with Crippen LogP contribution in [0.4, 0.5) is 0 Å². The van der Waals surface area contributed by atoms with Crippen molar-refractivity contribution in [3.05, 3.63) is 29.8 Å². The molecular formula is C14H18O2S. The molecule has 0 spiro atoms. The quantitative estimate of drug-likeness (QED) is 0.586. The summed E-state index contributed by atoms with van der Waals surface area (Å²) < 4.78 is 11.4. The lowest BCUT2D eigenvalue weighted by Crippen LogP contribution is -2.24. The SMILES string of the molecule is CCCCO[C@H](C)[C@H]1C(=S)Oc2ccccc21. The Morgan fingerprint density at radius 1 is 1.41 bits per heavy atom. The lowest BCUT2D eigenvalue weighted by atomic mass is 9.96. The molecule has 0 saturated carbocycles. The van der Waals surface area contributed by atoms with E-state index in [9.17, 15) is 0 Å². The predicted octanol–water partition coefficient (Wildman–Crippen LogP) is 3.70. The Balaban J connectivity index is 2.07. The van der Waals surface area contributed by atoms with E-state index in [1.165, 1.54) is 0 Å². The average molecular weight is 250 g/mol. The molecule has 2 nitrogen and oxygen atoms in total. The van der Waals surface area contributed by atoms with Gasteiger partial charge in [0.1, 0.15) is 5.75 Å². The monoisotopic (exact) mass is 250 g/mol. The normalized spacial score (nSPS) is 19.9. The third-order valence-electron chi connectivity index (χ3n) is 3.07. The first-order valence-electron chi connectivity index (χ1n) is 6.16. The van der Waals surface area contributed by atoms with Gasteiger partial charge in [-0.05, 0) is 31.6 Å². The summed E-state index contributed by atoms with van der Waals surface area (Å²) in [6.45, 7) is 5.02. The highest BCUT2D eigenvalue weighted by Crippen LogP contribution is 2.38. The van der Waals surface area contributed by atoms with Crippen LogP contribution in [0.15, 0.2) is 24.3 Å². The Morgan fingerprint density at radius 2 is 2.18 bits per heavy atom. The van der Waals surface area contributed by atoms with E-state index in [1.54, 1.807) is 0 Å². The van der Waals surface area contributed by atoms with Gasteiger partial charge in [-0.1, -0.05) is 31.5 Å². The Hall–Kier alpha value is -0.930. The summed E-state index contributed by atoms with van der Waals surface area (Å²) in [6.07, 6.45) is 2.32. The van der Waals surface area contributed by atoms with Crippen LogP contribution < -0.4 is 4.74 Å². The van der Waals surface area contributed by atoms with Crippen LogP contribution in [-0.4, -0.2) is 17.8 Å². The summed E-state index contributed by atoms with van der Waals surface area (Å²) in [5, 5.41) is 0.634. The summed E-state index contributed by atoms with van der Waals surface area (Å²) >= 11 is 5.30. The van der Waals surface area contributed by atoms with E-state index in [4.69, 9.17) is 21.7 Å². The Bertz CT molecular complexity index is 403. The molecule has 0 amide bonds. The molecule has 17 heavy (non-hydrogen) atoms. The molecule has 0 radical (unpaired) electrons. The van der Waals surface area contributed by atoms with E-state index in [2.05, 4.69) is 19.9 Å². The van der Waals surface area contributed by atoms with Crippen molar-refractivity contribution in [1.29, 1.82) is 0 Å². The standard InChI is InChI=1S/C14H18O2S/c1-3-4-9-15-10(2)13-11-7-5-6-8-12(11)16-14(13)17/h5-8,10,13H,3-4,9H2,1-2H3/t10-,13-/m1/s1. The first-order chi connectivity index (χ1) is 8.24. The molecular weight excluding hydrogens is 232 g/mol. The van der Waals surface area contributed by atoms with Gasteiger partial charge in [-0.2, -0.15) is 0 Å². The van der Waals surface area contributed by atoms with E-state index < -0.39 is 0 Å². The molecule has 1 aliphatic heterocycles. The molecule has 92 valence electrons. The second-order valence-corrected chi connectivity index (χ2v) is 4.77. The van der Waals surface area contributed by atoms with E-state index in [1.807, 2.05) is 18.2 Å². The number of rotatable bonds is 5. The van der Waals surface area contributed by atoms with Crippen molar-refractivity contribution in [2.75, 3.05) is 6.61 Å². The van der Waals surface area contributed by atoms with E-state index in [0.717, 1.165) is 30.8 Å². The molecule has 0 saturated heterocycles. The Kier molecular flexibility index (Phi) is 4.13. The smallest absolute Gasteiger partial charge is 0.177 e. The molecule has 2 rings (SSSR count). The van der Waals surface area contributed by atoms with Gasteiger partial charge in [0, 0.05) is 12.2 Å². The zero-order valence-electron chi connectivity index (χ0n) is 10.3. The zero-order chi connectivity index (χ0) is 12.3. The van der Waals surface area contributed by atoms with Gasteiger partial charge in [0.05, 0.1) is 12.0 Å². The van der Waals surface area contributed by atoms with Gasteiger partial charge in [-0.15, -0.1) is 0 Å². The number of thiocarbonyl (C=S) groups is 1. The molecule has 1 aliphatic rings. The van der Waals surface area contributed by atoms with Crippen LogP contribution in [0.1, 0.15) is 38.2 Å². The summed E-state index contributed by atoms with van der Waals surface area (Å²) in [4.78, 5) is 0. The number of fused-ring (bicyclic) bond motifs is 1. The van der Waals surface area contributed by atoms with Gasteiger partial charge in [-0.3, -0.25) is 0 Å². The van der Waals surface area contributed by atoms with Crippen molar-refractivity contribution < 1.29 is 9.47 Å². The second kappa shape index (κ2) is 5.61. The molecule has 1 heterocycles. The maximum absolute atomic E-state index is 5.83. The van der Waals surface area contributed by atoms with Crippen molar-refractivity contribution in [3.8, 4) is 5.75 Å². The van der Waals surface area contributed by atoms with Gasteiger partial charge in [0.25, 0.3) is 0 Å². The fourth-order valence-electron chi connectivity index (χ4n) is 2.08. The van der Waals surface area contributed by atoms with Crippen LogP contribution in [0.2, 0.25) is 0 Å². The van der Waals surface area contributed by atoms with Crippen molar-refractivity contribution in [1.82, 2.24) is 0 Å². The third kappa shape index (κ3) is 2.67. The number of unbranched alkanes of at least 4 members (excludes halogenated alkanes) is 1. The van der Waals surface area contributed by atoms with E-state index in [-0.39, 0.29) is 12.0 Å². The highest BCUT2D eigenvalue weighted by molar-refractivity contribution is 7.80. The maximum Gasteiger partial charge on any atom is 0.177 e. The predicted molar refractivity (Wildman–Crippen MR) is 72.7 cm³/mol. The average Bonchev–Trinajstić information content (AvgIpc) is 2.65. The number of para-hydroxylation sites is 1. The fraction of sp³-hybridized carbons (Fsp3) is 0.500. The topological polar surface area (TPSA) is 18.5 Å². The molecule has 3 heteroatoms. The number of benzene rings is 1. The van der Waals surface area contributed by atoms with Crippen LogP contribution in [0, 0.1) is 0 Å². The zero-order valence-corrected chi connectivity index (χ0v) is 11.1. The molecule has 0 aliphatic carbocycles. The second-order valence-electron chi connectivity index (χ2n) is 4.37. The molecule has 0 fully saturated rings. The van der Waals surface area contributed by atoms with Gasteiger partial charge >= 0.3 is 0 Å². The van der Waals surface area contributed by atoms with Crippen LogP contribution in [0.25, 0.3) is 0 Å². The number of hydrogen-bond donors (Lipinski definition) is 0. The minimum Gasteiger partial charge on any atom is -0.449 e. The van der Waals surface area contributed by atoms with Crippen molar-refractivity contribution in [3.63, 3.8) is 0 Å². The first-order valence-corrected chi connectivity index (χ1v) is 6.57. The largest absolute Gasteiger partial charge is 0.449 e. The third-order valence-corrected chi connectivity index (χ3v) is 3.40. The molecule has 0 aromatic heterocycles. The van der Waals surface area contributed by atoms with Crippen LogP contribution in [0.3, 0.4) is 0 Å². The number of hydrogen-bond acceptors (Lipinski definition) is 3. The van der Waals surface area contributed by atoms with Crippen LogP contribution in [-0.2, 0) is 4.74 Å². The van der Waals surface area contributed by atoms with Crippen molar-refractivity contribution >= 4 is 17.3 Å². The minimum absolute atomic E-state index is 0.0812. The van der Waals surface area contributed by atoms with E-state index >= 15 is 0 Å². The Morgan fingerprint density at radius 3 is 2.94 bits per heavy atom. The number of ether oxygens (including phenoxy) is 2. The molecule has 1 aromatic carbocycles. The highest BCUT2D eigenvalue weighted by atomic mass is 32.1. The summed E-state index contributed by atoms with van der Waals surface area (Å²) in [5.74, 6) is 0.978. The fourth-order valence-corrected chi connectivity index (χ4v) is 2.49. The first kappa shape index (κ1) is 12.5. The van der Waals surface area contributed by atoms with Gasteiger partial charge in [0.15, 0.2) is 5.05 Å². The molecule has 0 bridgehead atoms. The van der Waals surface area contributed by atoms with Crippen molar-refractivity contribution in [2.45, 2.75) is 38.7 Å². The lowest BCUT2D eigenvalue weighted by Gasteiger charge is -2.18. The Labute approximate surface area is 108 Å². The van der Waals surface area contributed by atoms with Gasteiger partial charge < -0.3 is 9.47 Å². The maximum atomic E-state index is 5.83. The summed E-state index contributed by atoms with van der Waals surface area (Å²) in [5.41, 5.74) is 1.15. The van der Waals surface area contributed by atoms with Crippen LogP contribution in [0.5, 0.6) is 5.75 Å². The van der Waals surface area contributed by atoms with Gasteiger partial charge in [-0.25, -0.2) is 0 Å². The van der Waals surface area contributed by atoms with Gasteiger partial charge in [0.2, 0.25) is 0 Å². The minimum atomic E-state index is 0.0812. The van der Waals surface area contributed by atoms with E-state index in [0.29, 0.717) is 5.05 Å². The lowest BCUT2D eigenvalue weighted by molar-refractivity contribution is 0.0584. The van der Waals surface area contributed by atoms with Crippen molar-refractivity contribution in [2.24, 2.45) is 0 Å². The summed E-state index contributed by atoms with van der Waals surface area (Å²) in [6, 6.07) is 8.01. The molecule has 1 aromatic rings. The molecule has 0 unspecified atom stereocenters. The van der Waals surface area contributed by atoms with Crippen LogP contribution >= 0.6 is 12.2 Å². The summed E-state index contributed by atoms with van der Waals surface area (Å²) in [7, 11) is 0. The molecule has 0 N–H and O–H groups in total. The highest BCUT2D eigenvalue weighted by Gasteiger charge is 2.34. The molecule has 2 atom stereocenters.